The van der Waals surface area contributed by atoms with Gasteiger partial charge in [-0.15, -0.1) is 0 Å². The van der Waals surface area contributed by atoms with Crippen molar-refractivity contribution in [1.82, 2.24) is 5.16 Å². The minimum atomic E-state index is 0.257. The average Bonchev–Trinajstić information content (AvgIpc) is 2.69. The molecule has 1 aromatic heterocycles. The fourth-order valence-electron chi connectivity index (χ4n) is 1.81. The van der Waals surface area contributed by atoms with E-state index in [9.17, 15) is 0 Å². The Hall–Kier alpha value is -1.68. The van der Waals surface area contributed by atoms with Crippen LogP contribution in [0.1, 0.15) is 11.1 Å². The van der Waals surface area contributed by atoms with E-state index in [1.54, 1.807) is 13.3 Å². The highest BCUT2D eigenvalue weighted by molar-refractivity contribution is 6.32. The minimum Gasteiger partial charge on any atom is -0.495 e. The number of hydrogen-bond acceptors (Lipinski definition) is 4. The lowest BCUT2D eigenvalue weighted by molar-refractivity contribution is 0.416. The van der Waals surface area contributed by atoms with Crippen LogP contribution in [0, 0.1) is 13.8 Å². The number of rotatable bonds is 2. The number of aryl methyl sites for hydroxylation is 1. The van der Waals surface area contributed by atoms with Crippen molar-refractivity contribution < 1.29 is 9.26 Å². The van der Waals surface area contributed by atoms with Crippen molar-refractivity contribution in [2.45, 2.75) is 13.8 Å². The first-order chi connectivity index (χ1) is 8.06. The number of nitrogens with two attached hydrogens (primary N) is 1. The smallest absolute Gasteiger partial charge is 0.230 e. The summed E-state index contributed by atoms with van der Waals surface area (Å²) >= 11 is 6.16. The Morgan fingerprint density at radius 2 is 2.12 bits per heavy atom. The summed E-state index contributed by atoms with van der Waals surface area (Å²) in [6.07, 6.45) is 1.57. The number of anilines is 1. The molecule has 0 atom stereocenters. The normalized spacial score (nSPS) is 10.6. The first-order valence-corrected chi connectivity index (χ1v) is 5.48. The maximum Gasteiger partial charge on any atom is 0.230 e. The third-order valence-electron chi connectivity index (χ3n) is 2.83. The van der Waals surface area contributed by atoms with E-state index in [4.69, 9.17) is 26.6 Å². The van der Waals surface area contributed by atoms with Crippen LogP contribution < -0.4 is 10.5 Å². The van der Waals surface area contributed by atoms with Crippen LogP contribution in [0.3, 0.4) is 0 Å². The summed E-state index contributed by atoms with van der Waals surface area (Å²) in [5.41, 5.74) is 9.37. The highest BCUT2D eigenvalue weighted by Gasteiger charge is 2.19. The van der Waals surface area contributed by atoms with Gasteiger partial charge in [-0.05, 0) is 31.0 Å². The quantitative estimate of drug-likeness (QED) is 0.892. The van der Waals surface area contributed by atoms with Gasteiger partial charge in [0.05, 0.1) is 23.9 Å². The highest BCUT2D eigenvalue weighted by atomic mass is 35.5. The van der Waals surface area contributed by atoms with Crippen LogP contribution >= 0.6 is 11.6 Å². The Kier molecular flexibility index (Phi) is 2.98. The molecule has 0 saturated carbocycles. The Morgan fingerprint density at radius 1 is 1.41 bits per heavy atom. The van der Waals surface area contributed by atoms with Crippen molar-refractivity contribution in [3.05, 3.63) is 28.4 Å². The molecule has 0 spiro atoms. The third-order valence-corrected chi connectivity index (χ3v) is 3.11. The van der Waals surface area contributed by atoms with Gasteiger partial charge in [0.2, 0.25) is 5.88 Å². The third kappa shape index (κ3) is 1.85. The van der Waals surface area contributed by atoms with Crippen LogP contribution in [0.5, 0.6) is 5.75 Å². The molecule has 5 heteroatoms. The van der Waals surface area contributed by atoms with Crippen LogP contribution in [-0.2, 0) is 0 Å². The van der Waals surface area contributed by atoms with Crippen molar-refractivity contribution in [2.75, 3.05) is 12.8 Å². The Balaban J connectivity index is 2.80. The van der Waals surface area contributed by atoms with Gasteiger partial charge in [0.15, 0.2) is 0 Å². The largest absolute Gasteiger partial charge is 0.495 e. The maximum absolute atomic E-state index is 6.16. The zero-order valence-corrected chi connectivity index (χ0v) is 10.6. The Morgan fingerprint density at radius 3 is 2.65 bits per heavy atom. The fraction of sp³-hybridized carbons (Fsp3) is 0.250. The summed E-state index contributed by atoms with van der Waals surface area (Å²) in [6.45, 7) is 3.96. The molecule has 0 fully saturated rings. The topological polar surface area (TPSA) is 61.3 Å². The van der Waals surface area contributed by atoms with Gasteiger partial charge in [-0.2, -0.15) is 0 Å². The molecule has 0 amide bonds. The van der Waals surface area contributed by atoms with E-state index in [1.165, 1.54) is 0 Å². The standard InChI is InChI=1S/C12H13ClN2O2/c1-6-4-9(13)11(16-3)10(7(6)2)8-5-15-17-12(8)14/h4-5H,14H2,1-3H3. The molecule has 0 aliphatic carbocycles. The zero-order chi connectivity index (χ0) is 12.6. The van der Waals surface area contributed by atoms with E-state index in [0.29, 0.717) is 16.3 Å². The molecule has 4 nitrogen and oxygen atoms in total. The lowest BCUT2D eigenvalue weighted by Gasteiger charge is -2.14. The number of hydrogen-bond donors (Lipinski definition) is 1. The van der Waals surface area contributed by atoms with E-state index >= 15 is 0 Å². The lowest BCUT2D eigenvalue weighted by atomic mass is 9.97. The fourth-order valence-corrected chi connectivity index (χ4v) is 2.15. The second-order valence-electron chi connectivity index (χ2n) is 3.81. The Labute approximate surface area is 104 Å². The van der Waals surface area contributed by atoms with Gasteiger partial charge in [-0.3, -0.25) is 0 Å². The molecule has 90 valence electrons. The van der Waals surface area contributed by atoms with Gasteiger partial charge in [0, 0.05) is 5.56 Å². The van der Waals surface area contributed by atoms with Gasteiger partial charge in [0.1, 0.15) is 5.75 Å². The van der Waals surface area contributed by atoms with Crippen LogP contribution in [0.4, 0.5) is 5.88 Å². The van der Waals surface area contributed by atoms with Crippen molar-refractivity contribution in [3.8, 4) is 16.9 Å². The molecule has 2 aromatic rings. The first kappa shape index (κ1) is 11.8. The SMILES string of the molecule is COc1c(Cl)cc(C)c(C)c1-c1cnoc1N. The predicted octanol–water partition coefficient (Wildman–Crippen LogP) is 3.20. The van der Waals surface area contributed by atoms with Crippen LogP contribution in [-0.4, -0.2) is 12.3 Å². The van der Waals surface area contributed by atoms with Gasteiger partial charge in [0.25, 0.3) is 0 Å². The van der Waals surface area contributed by atoms with Gasteiger partial charge >= 0.3 is 0 Å². The van der Waals surface area contributed by atoms with Crippen LogP contribution in [0.2, 0.25) is 5.02 Å². The number of aromatic nitrogens is 1. The molecule has 1 aromatic carbocycles. The molecule has 1 heterocycles. The second kappa shape index (κ2) is 4.30. The summed E-state index contributed by atoms with van der Waals surface area (Å²) < 4.78 is 10.2. The molecular weight excluding hydrogens is 240 g/mol. The molecular formula is C12H13ClN2O2. The zero-order valence-electron chi connectivity index (χ0n) is 9.87. The molecule has 0 saturated heterocycles. The molecule has 0 unspecified atom stereocenters. The maximum atomic E-state index is 6.16. The van der Waals surface area contributed by atoms with E-state index in [0.717, 1.165) is 16.7 Å². The molecule has 0 radical (unpaired) electrons. The summed E-state index contributed by atoms with van der Waals surface area (Å²) in [5.74, 6) is 0.845. The van der Waals surface area contributed by atoms with Crippen molar-refractivity contribution in [1.29, 1.82) is 0 Å². The summed E-state index contributed by atoms with van der Waals surface area (Å²) in [5, 5.41) is 4.22. The van der Waals surface area contributed by atoms with E-state index in [2.05, 4.69) is 5.16 Å². The molecule has 0 aliphatic rings. The van der Waals surface area contributed by atoms with E-state index < -0.39 is 0 Å². The van der Waals surface area contributed by atoms with E-state index in [1.807, 2.05) is 19.9 Å². The molecule has 2 N–H and O–H groups in total. The molecule has 2 rings (SSSR count). The summed E-state index contributed by atoms with van der Waals surface area (Å²) in [4.78, 5) is 0. The monoisotopic (exact) mass is 252 g/mol. The average molecular weight is 253 g/mol. The van der Waals surface area contributed by atoms with Crippen molar-refractivity contribution >= 4 is 17.5 Å². The summed E-state index contributed by atoms with van der Waals surface area (Å²) in [7, 11) is 1.57. The summed E-state index contributed by atoms with van der Waals surface area (Å²) in [6, 6.07) is 1.86. The van der Waals surface area contributed by atoms with Gasteiger partial charge in [-0.1, -0.05) is 16.8 Å². The first-order valence-electron chi connectivity index (χ1n) is 5.10. The number of methoxy groups -OCH3 is 1. The lowest BCUT2D eigenvalue weighted by Crippen LogP contribution is -1.96. The number of nitrogens with zero attached hydrogens (tertiary/aromatic N) is 1. The number of ether oxygens (including phenoxy) is 1. The van der Waals surface area contributed by atoms with E-state index in [-0.39, 0.29) is 5.88 Å². The number of nitrogen functional groups attached to an aromatic ring is 1. The van der Waals surface area contributed by atoms with Crippen LogP contribution in [0.25, 0.3) is 11.1 Å². The van der Waals surface area contributed by atoms with Crippen molar-refractivity contribution in [3.63, 3.8) is 0 Å². The van der Waals surface area contributed by atoms with Crippen LogP contribution in [0.15, 0.2) is 16.8 Å². The second-order valence-corrected chi connectivity index (χ2v) is 4.22. The van der Waals surface area contributed by atoms with Crippen molar-refractivity contribution in [2.24, 2.45) is 0 Å². The Bertz CT molecular complexity index is 564. The predicted molar refractivity (Wildman–Crippen MR) is 67.4 cm³/mol. The number of halogens is 1. The van der Waals surface area contributed by atoms with Gasteiger partial charge in [-0.25, -0.2) is 0 Å². The molecule has 0 bridgehead atoms. The minimum absolute atomic E-state index is 0.257. The number of benzene rings is 1. The van der Waals surface area contributed by atoms with Gasteiger partial charge < -0.3 is 15.0 Å². The highest BCUT2D eigenvalue weighted by Crippen LogP contribution is 2.42. The molecule has 0 aliphatic heterocycles. The molecule has 17 heavy (non-hydrogen) atoms.